The molecule has 1 aliphatic heterocycles. The zero-order chi connectivity index (χ0) is 17.2. The molecular weight excluding hydrogens is 294 g/mol. The maximum atomic E-state index is 12.4. The number of nitrogens with one attached hydrogen (secondary N) is 2. The molecule has 23 heavy (non-hydrogen) atoms. The molecule has 0 fully saturated rings. The summed E-state index contributed by atoms with van der Waals surface area (Å²) in [5.41, 5.74) is 1.68. The lowest BCUT2D eigenvalue weighted by atomic mass is 9.98. The van der Waals surface area contributed by atoms with E-state index in [4.69, 9.17) is 4.74 Å². The summed E-state index contributed by atoms with van der Waals surface area (Å²) in [6.07, 6.45) is -1.69. The van der Waals surface area contributed by atoms with E-state index in [0.29, 0.717) is 5.69 Å². The molecule has 2 N–H and O–H groups in total. The molecule has 124 valence electrons. The quantitative estimate of drug-likeness (QED) is 0.880. The van der Waals surface area contributed by atoms with Gasteiger partial charge in [0, 0.05) is 17.0 Å². The molecule has 1 aromatic carbocycles. The molecule has 6 nitrogen and oxygen atoms in total. The highest BCUT2D eigenvalue weighted by atomic mass is 16.6. The van der Waals surface area contributed by atoms with Crippen molar-refractivity contribution in [2.45, 2.75) is 46.4 Å². The zero-order valence-corrected chi connectivity index (χ0v) is 14.1. The predicted octanol–water partition coefficient (Wildman–Crippen LogP) is 2.93. The van der Waals surface area contributed by atoms with Crippen molar-refractivity contribution in [1.82, 2.24) is 5.32 Å². The molecule has 1 heterocycles. The van der Waals surface area contributed by atoms with Crippen LogP contribution in [-0.4, -0.2) is 29.5 Å². The SMILES string of the molecule is CC(C)C1=N[C@H](NC(=O)OC(C)(C)C)C(=O)Nc2ccccc21. The smallest absolute Gasteiger partial charge is 0.409 e. The molecule has 0 saturated carbocycles. The highest BCUT2D eigenvalue weighted by Crippen LogP contribution is 2.23. The van der Waals surface area contributed by atoms with E-state index < -0.39 is 17.9 Å². The van der Waals surface area contributed by atoms with E-state index in [0.717, 1.165) is 11.3 Å². The second kappa shape index (κ2) is 6.40. The maximum Gasteiger partial charge on any atom is 0.409 e. The summed E-state index contributed by atoms with van der Waals surface area (Å²) < 4.78 is 5.20. The topological polar surface area (TPSA) is 79.8 Å². The average molecular weight is 317 g/mol. The molecule has 0 aromatic heterocycles. The molecule has 0 radical (unpaired) electrons. The van der Waals surface area contributed by atoms with Crippen LogP contribution < -0.4 is 10.6 Å². The van der Waals surface area contributed by atoms with Crippen molar-refractivity contribution >= 4 is 23.4 Å². The number of fused-ring (bicyclic) bond motifs is 1. The number of ether oxygens (including phenoxy) is 1. The van der Waals surface area contributed by atoms with Crippen LogP contribution in [0.4, 0.5) is 10.5 Å². The van der Waals surface area contributed by atoms with E-state index in [1.165, 1.54) is 0 Å². The van der Waals surface area contributed by atoms with Crippen molar-refractivity contribution in [3.8, 4) is 0 Å². The first-order valence-electron chi connectivity index (χ1n) is 7.65. The normalized spacial score (nSPS) is 17.7. The van der Waals surface area contributed by atoms with Crippen LogP contribution in [0.25, 0.3) is 0 Å². The monoisotopic (exact) mass is 317 g/mol. The van der Waals surface area contributed by atoms with Gasteiger partial charge in [-0.3, -0.25) is 15.1 Å². The molecule has 0 unspecified atom stereocenters. The van der Waals surface area contributed by atoms with Crippen LogP contribution >= 0.6 is 0 Å². The number of alkyl carbamates (subject to hydrolysis) is 1. The number of rotatable bonds is 2. The Morgan fingerprint density at radius 1 is 1.30 bits per heavy atom. The minimum atomic E-state index is -1.02. The van der Waals surface area contributed by atoms with Gasteiger partial charge in [-0.15, -0.1) is 0 Å². The molecule has 6 heteroatoms. The number of nitrogens with zero attached hydrogens (tertiary/aromatic N) is 1. The van der Waals surface area contributed by atoms with Gasteiger partial charge >= 0.3 is 6.09 Å². The van der Waals surface area contributed by atoms with Gasteiger partial charge in [0.25, 0.3) is 5.91 Å². The first-order valence-corrected chi connectivity index (χ1v) is 7.65. The van der Waals surface area contributed by atoms with Crippen molar-refractivity contribution in [1.29, 1.82) is 0 Å². The minimum Gasteiger partial charge on any atom is -0.444 e. The Morgan fingerprint density at radius 2 is 1.96 bits per heavy atom. The Hall–Kier alpha value is -2.37. The number of hydrogen-bond donors (Lipinski definition) is 2. The molecular formula is C17H23N3O3. The second-order valence-corrected chi connectivity index (χ2v) is 6.75. The summed E-state index contributed by atoms with van der Waals surface area (Å²) in [5, 5.41) is 5.33. The summed E-state index contributed by atoms with van der Waals surface area (Å²) in [6, 6.07) is 7.47. The van der Waals surface area contributed by atoms with Crippen LogP contribution in [0.15, 0.2) is 29.3 Å². The second-order valence-electron chi connectivity index (χ2n) is 6.75. The molecule has 2 rings (SSSR count). The number of hydrogen-bond acceptors (Lipinski definition) is 4. The lowest BCUT2D eigenvalue weighted by Crippen LogP contribution is -2.44. The molecule has 1 aliphatic rings. The van der Waals surface area contributed by atoms with E-state index in [-0.39, 0.29) is 11.8 Å². The first-order chi connectivity index (χ1) is 10.7. The molecule has 2 amide bonds. The van der Waals surface area contributed by atoms with Gasteiger partial charge < -0.3 is 10.1 Å². The third kappa shape index (κ3) is 4.31. The maximum absolute atomic E-state index is 12.4. The Balaban J connectivity index is 2.30. The van der Waals surface area contributed by atoms with E-state index in [2.05, 4.69) is 15.6 Å². The van der Waals surface area contributed by atoms with Crippen LogP contribution in [0, 0.1) is 5.92 Å². The summed E-state index contributed by atoms with van der Waals surface area (Å²) in [6.45, 7) is 9.28. The third-order valence-electron chi connectivity index (χ3n) is 3.18. The Morgan fingerprint density at radius 3 is 2.57 bits per heavy atom. The van der Waals surface area contributed by atoms with Gasteiger partial charge in [0.1, 0.15) is 5.60 Å². The summed E-state index contributed by atoms with van der Waals surface area (Å²) in [7, 11) is 0. The fraction of sp³-hybridized carbons (Fsp3) is 0.471. The Bertz CT molecular complexity index is 645. The van der Waals surface area contributed by atoms with Crippen molar-refractivity contribution in [2.75, 3.05) is 5.32 Å². The van der Waals surface area contributed by atoms with Gasteiger partial charge in [-0.2, -0.15) is 0 Å². The van der Waals surface area contributed by atoms with Crippen LogP contribution in [-0.2, 0) is 9.53 Å². The number of aliphatic imine (C=N–C) groups is 1. The highest BCUT2D eigenvalue weighted by molar-refractivity contribution is 6.12. The van der Waals surface area contributed by atoms with Crippen molar-refractivity contribution in [2.24, 2.45) is 10.9 Å². The minimum absolute atomic E-state index is 0.104. The van der Waals surface area contributed by atoms with E-state index in [1.54, 1.807) is 20.8 Å². The highest BCUT2D eigenvalue weighted by Gasteiger charge is 2.28. The number of anilines is 1. The fourth-order valence-corrected chi connectivity index (χ4v) is 2.26. The number of carbonyl (C=O) groups is 2. The van der Waals surface area contributed by atoms with Gasteiger partial charge in [-0.05, 0) is 32.8 Å². The van der Waals surface area contributed by atoms with Crippen molar-refractivity contribution in [3.63, 3.8) is 0 Å². The van der Waals surface area contributed by atoms with Gasteiger partial charge in [0.15, 0.2) is 0 Å². The molecule has 0 saturated heterocycles. The summed E-state index contributed by atoms with van der Waals surface area (Å²) >= 11 is 0. The molecule has 0 bridgehead atoms. The lowest BCUT2D eigenvalue weighted by Gasteiger charge is -2.21. The number of amides is 2. The van der Waals surface area contributed by atoms with Crippen LogP contribution in [0.2, 0.25) is 0 Å². The van der Waals surface area contributed by atoms with E-state index in [1.807, 2.05) is 38.1 Å². The largest absolute Gasteiger partial charge is 0.444 e. The fourth-order valence-electron chi connectivity index (χ4n) is 2.26. The Kier molecular flexibility index (Phi) is 4.73. The molecule has 1 aromatic rings. The zero-order valence-electron chi connectivity index (χ0n) is 14.1. The molecule has 1 atom stereocenters. The first kappa shape index (κ1) is 17.0. The standard InChI is InChI=1S/C17H23N3O3/c1-10(2)13-11-8-6-7-9-12(11)18-15(21)14(19-13)20-16(22)23-17(3,4)5/h6-10,14H,1-5H3,(H,18,21)(H,20,22)/t14-/m1/s1. The van der Waals surface area contributed by atoms with Gasteiger partial charge in [0.2, 0.25) is 6.17 Å². The van der Waals surface area contributed by atoms with Gasteiger partial charge in [-0.1, -0.05) is 32.0 Å². The van der Waals surface area contributed by atoms with Gasteiger partial charge in [0.05, 0.1) is 0 Å². The number of carbonyl (C=O) groups excluding carboxylic acids is 2. The van der Waals surface area contributed by atoms with Crippen LogP contribution in [0.1, 0.15) is 40.2 Å². The van der Waals surface area contributed by atoms with Crippen LogP contribution in [0.5, 0.6) is 0 Å². The predicted molar refractivity (Wildman–Crippen MR) is 89.6 cm³/mol. The van der Waals surface area contributed by atoms with Gasteiger partial charge in [-0.25, -0.2) is 4.79 Å². The number of para-hydroxylation sites is 1. The third-order valence-corrected chi connectivity index (χ3v) is 3.18. The van der Waals surface area contributed by atoms with Crippen LogP contribution in [0.3, 0.4) is 0 Å². The lowest BCUT2D eigenvalue weighted by molar-refractivity contribution is -0.118. The molecule has 0 spiro atoms. The number of benzodiazepines with no additional fused rings is 1. The van der Waals surface area contributed by atoms with E-state index >= 15 is 0 Å². The van der Waals surface area contributed by atoms with Crippen molar-refractivity contribution in [3.05, 3.63) is 29.8 Å². The number of benzene rings is 1. The molecule has 0 aliphatic carbocycles. The summed E-state index contributed by atoms with van der Waals surface area (Å²) in [4.78, 5) is 28.8. The summed E-state index contributed by atoms with van der Waals surface area (Å²) in [5.74, 6) is -0.286. The van der Waals surface area contributed by atoms with E-state index in [9.17, 15) is 9.59 Å². The Labute approximate surface area is 136 Å². The van der Waals surface area contributed by atoms with Crippen molar-refractivity contribution < 1.29 is 14.3 Å². The average Bonchev–Trinajstić information content (AvgIpc) is 2.54.